The lowest BCUT2D eigenvalue weighted by molar-refractivity contribution is -0.162. The average Bonchev–Trinajstić information content (AvgIpc) is 2.22. The van der Waals surface area contributed by atoms with Gasteiger partial charge in [0, 0.05) is 6.54 Å². The van der Waals surface area contributed by atoms with Gasteiger partial charge >= 0.3 is 5.97 Å². The molecule has 1 amide bonds. The van der Waals surface area contributed by atoms with Crippen molar-refractivity contribution in [2.45, 2.75) is 26.2 Å². The first-order valence-electron chi connectivity index (χ1n) is 5.24. The predicted octanol–water partition coefficient (Wildman–Crippen LogP) is 1.02. The molecule has 0 aromatic carbocycles. The van der Waals surface area contributed by atoms with Crippen molar-refractivity contribution in [3.63, 3.8) is 0 Å². The molecular formula is C11H17NO3. The third-order valence-electron chi connectivity index (χ3n) is 2.66. The monoisotopic (exact) mass is 211 g/mol. The van der Waals surface area contributed by atoms with Crippen LogP contribution in [0.15, 0.2) is 12.7 Å². The second-order valence-corrected chi connectivity index (χ2v) is 3.65. The first-order valence-corrected chi connectivity index (χ1v) is 5.24. The van der Waals surface area contributed by atoms with Crippen LogP contribution < -0.4 is 5.32 Å². The summed E-state index contributed by atoms with van der Waals surface area (Å²) in [7, 11) is 0. The maximum absolute atomic E-state index is 11.8. The highest BCUT2D eigenvalue weighted by molar-refractivity contribution is 6.03. The van der Waals surface area contributed by atoms with Crippen LogP contribution >= 0.6 is 0 Å². The van der Waals surface area contributed by atoms with Crippen molar-refractivity contribution in [1.82, 2.24) is 5.32 Å². The van der Waals surface area contributed by atoms with Gasteiger partial charge < -0.3 is 10.1 Å². The van der Waals surface area contributed by atoms with E-state index in [0.29, 0.717) is 26.0 Å². The van der Waals surface area contributed by atoms with Crippen molar-refractivity contribution >= 4 is 11.9 Å². The zero-order valence-corrected chi connectivity index (χ0v) is 9.04. The highest BCUT2D eigenvalue weighted by atomic mass is 16.5. The van der Waals surface area contributed by atoms with E-state index in [0.717, 1.165) is 6.42 Å². The molecular weight excluding hydrogens is 194 g/mol. The minimum absolute atomic E-state index is 0.230. The van der Waals surface area contributed by atoms with E-state index < -0.39 is 11.4 Å². The van der Waals surface area contributed by atoms with Gasteiger partial charge in [-0.2, -0.15) is 0 Å². The van der Waals surface area contributed by atoms with Crippen molar-refractivity contribution in [2.24, 2.45) is 5.41 Å². The van der Waals surface area contributed by atoms with Crippen molar-refractivity contribution in [3.8, 4) is 0 Å². The molecule has 0 saturated carbocycles. The molecule has 84 valence electrons. The number of allylic oxidation sites excluding steroid dienone is 1. The smallest absolute Gasteiger partial charge is 0.321 e. The van der Waals surface area contributed by atoms with Crippen LogP contribution in [0.2, 0.25) is 0 Å². The molecule has 0 unspecified atom stereocenters. The number of rotatable bonds is 4. The minimum atomic E-state index is -1.03. The van der Waals surface area contributed by atoms with Crippen LogP contribution in [0.1, 0.15) is 26.2 Å². The summed E-state index contributed by atoms with van der Waals surface area (Å²) in [6, 6.07) is 0. The quantitative estimate of drug-likeness (QED) is 0.429. The van der Waals surface area contributed by atoms with Gasteiger partial charge in [0.05, 0.1) is 6.61 Å². The van der Waals surface area contributed by atoms with Gasteiger partial charge in [-0.05, 0) is 26.2 Å². The number of amides is 1. The van der Waals surface area contributed by atoms with Crippen LogP contribution in [0.5, 0.6) is 0 Å². The Labute approximate surface area is 89.7 Å². The first-order chi connectivity index (χ1) is 7.17. The van der Waals surface area contributed by atoms with E-state index in [1.54, 1.807) is 13.0 Å². The van der Waals surface area contributed by atoms with Gasteiger partial charge in [0.2, 0.25) is 5.91 Å². The SMILES string of the molecule is C=CC[C@@]1(C(=O)OCC)CCCNC1=O. The van der Waals surface area contributed by atoms with Crippen LogP contribution in [0.4, 0.5) is 0 Å². The number of nitrogens with one attached hydrogen (secondary N) is 1. The van der Waals surface area contributed by atoms with Gasteiger partial charge in [-0.15, -0.1) is 6.58 Å². The van der Waals surface area contributed by atoms with E-state index in [1.165, 1.54) is 0 Å². The molecule has 0 spiro atoms. The normalized spacial score (nSPS) is 25.5. The van der Waals surface area contributed by atoms with Crippen molar-refractivity contribution < 1.29 is 14.3 Å². The molecule has 4 nitrogen and oxygen atoms in total. The Morgan fingerprint density at radius 2 is 2.47 bits per heavy atom. The molecule has 4 heteroatoms. The predicted molar refractivity (Wildman–Crippen MR) is 56.1 cm³/mol. The Morgan fingerprint density at radius 1 is 1.73 bits per heavy atom. The van der Waals surface area contributed by atoms with Crippen molar-refractivity contribution in [1.29, 1.82) is 0 Å². The molecule has 0 bridgehead atoms. The highest BCUT2D eigenvalue weighted by Gasteiger charge is 2.47. The lowest BCUT2D eigenvalue weighted by atomic mass is 9.77. The molecule has 0 aromatic rings. The Morgan fingerprint density at radius 3 is 3.00 bits per heavy atom. The van der Waals surface area contributed by atoms with Gasteiger partial charge in [-0.25, -0.2) is 0 Å². The number of esters is 1. The second-order valence-electron chi connectivity index (χ2n) is 3.65. The molecule has 1 rings (SSSR count). The Kier molecular flexibility index (Phi) is 3.88. The fourth-order valence-electron chi connectivity index (χ4n) is 1.86. The first kappa shape index (κ1) is 11.8. The van der Waals surface area contributed by atoms with Gasteiger partial charge in [-0.1, -0.05) is 6.08 Å². The molecule has 0 aliphatic carbocycles. The molecule has 1 aliphatic heterocycles. The molecule has 1 N–H and O–H groups in total. The summed E-state index contributed by atoms with van der Waals surface area (Å²) in [5, 5.41) is 2.71. The number of piperidine rings is 1. The van der Waals surface area contributed by atoms with Crippen LogP contribution in [0, 0.1) is 5.41 Å². The summed E-state index contributed by atoms with van der Waals surface area (Å²) < 4.78 is 4.96. The Balaban J connectivity index is 2.89. The molecule has 0 aromatic heterocycles. The molecule has 15 heavy (non-hydrogen) atoms. The summed E-state index contributed by atoms with van der Waals surface area (Å²) in [6.07, 6.45) is 3.29. The number of hydrogen-bond donors (Lipinski definition) is 1. The molecule has 1 aliphatic rings. The maximum Gasteiger partial charge on any atom is 0.321 e. The largest absolute Gasteiger partial charge is 0.465 e. The Bertz CT molecular complexity index is 275. The van der Waals surface area contributed by atoms with Crippen LogP contribution in [-0.2, 0) is 14.3 Å². The molecule has 1 saturated heterocycles. The molecule has 1 atom stereocenters. The highest BCUT2D eigenvalue weighted by Crippen LogP contribution is 2.33. The minimum Gasteiger partial charge on any atom is -0.465 e. The van der Waals surface area contributed by atoms with Crippen molar-refractivity contribution in [2.75, 3.05) is 13.2 Å². The summed E-state index contributed by atoms with van der Waals surface area (Å²) in [5.41, 5.74) is -1.03. The summed E-state index contributed by atoms with van der Waals surface area (Å²) in [5.74, 6) is -0.658. The van der Waals surface area contributed by atoms with Gasteiger partial charge in [0.15, 0.2) is 0 Å². The zero-order valence-electron chi connectivity index (χ0n) is 9.04. The van der Waals surface area contributed by atoms with Gasteiger partial charge in [0.25, 0.3) is 0 Å². The molecule has 1 fully saturated rings. The summed E-state index contributed by atoms with van der Waals surface area (Å²) in [6.45, 7) is 6.26. The van der Waals surface area contributed by atoms with Gasteiger partial charge in [-0.3, -0.25) is 9.59 Å². The van der Waals surface area contributed by atoms with Crippen LogP contribution in [0.3, 0.4) is 0 Å². The third kappa shape index (κ3) is 2.19. The van der Waals surface area contributed by atoms with E-state index in [-0.39, 0.29) is 5.91 Å². The molecule has 0 radical (unpaired) electrons. The van der Waals surface area contributed by atoms with Crippen molar-refractivity contribution in [3.05, 3.63) is 12.7 Å². The fraction of sp³-hybridized carbons (Fsp3) is 0.636. The van der Waals surface area contributed by atoms with Crippen LogP contribution in [0.25, 0.3) is 0 Å². The number of carbonyl (C=O) groups excluding carboxylic acids is 2. The topological polar surface area (TPSA) is 55.4 Å². The zero-order chi connectivity index (χ0) is 11.3. The average molecular weight is 211 g/mol. The summed E-state index contributed by atoms with van der Waals surface area (Å²) >= 11 is 0. The maximum atomic E-state index is 11.8. The standard InChI is InChI=1S/C11H17NO3/c1-3-6-11(10(14)15-4-2)7-5-8-12-9(11)13/h3H,1,4-8H2,2H3,(H,12,13)/t11-/m1/s1. The lowest BCUT2D eigenvalue weighted by Crippen LogP contribution is -2.51. The summed E-state index contributed by atoms with van der Waals surface area (Å²) in [4.78, 5) is 23.6. The lowest BCUT2D eigenvalue weighted by Gasteiger charge is -2.32. The van der Waals surface area contributed by atoms with E-state index in [1.807, 2.05) is 0 Å². The number of ether oxygens (including phenoxy) is 1. The van der Waals surface area contributed by atoms with E-state index >= 15 is 0 Å². The number of hydrogen-bond acceptors (Lipinski definition) is 3. The number of carbonyl (C=O) groups is 2. The van der Waals surface area contributed by atoms with E-state index in [4.69, 9.17) is 4.74 Å². The van der Waals surface area contributed by atoms with E-state index in [9.17, 15) is 9.59 Å². The Hall–Kier alpha value is -1.32. The van der Waals surface area contributed by atoms with Gasteiger partial charge in [0.1, 0.15) is 5.41 Å². The van der Waals surface area contributed by atoms with Crippen LogP contribution in [-0.4, -0.2) is 25.0 Å². The third-order valence-corrected chi connectivity index (χ3v) is 2.66. The van der Waals surface area contributed by atoms with E-state index in [2.05, 4.69) is 11.9 Å². The second kappa shape index (κ2) is 4.96. The fourth-order valence-corrected chi connectivity index (χ4v) is 1.86. The molecule has 1 heterocycles.